The number of rotatable bonds is 6. The summed E-state index contributed by atoms with van der Waals surface area (Å²) in [4.78, 5) is 14.5. The molecule has 110 valence electrons. The number of nitrogens with two attached hydrogens (primary N) is 1. The zero-order valence-corrected chi connectivity index (χ0v) is 12.3. The molecule has 0 aliphatic heterocycles. The molecule has 0 spiro atoms. The smallest absolute Gasteiger partial charge is 0.233 e. The fraction of sp³-hybridized carbons (Fsp3) is 0.857. The zero-order chi connectivity index (χ0) is 14.4. The van der Waals surface area contributed by atoms with E-state index in [1.54, 1.807) is 6.92 Å². The summed E-state index contributed by atoms with van der Waals surface area (Å²) in [5, 5.41) is 11.7. The molecule has 0 bridgehead atoms. The number of carbonyl (C=O) groups is 1. The molecule has 1 unspecified atom stereocenters. The Hall–Kier alpha value is -1.26. The van der Waals surface area contributed by atoms with Crippen molar-refractivity contribution in [3.05, 3.63) is 0 Å². The number of amides is 1. The van der Waals surface area contributed by atoms with E-state index >= 15 is 0 Å². The molecule has 1 amide bonds. The summed E-state index contributed by atoms with van der Waals surface area (Å²) in [6.45, 7) is 6.79. The van der Waals surface area contributed by atoms with Crippen LogP contribution in [0.3, 0.4) is 0 Å². The third kappa shape index (κ3) is 4.40. The Balaban J connectivity index is 2.73. The summed E-state index contributed by atoms with van der Waals surface area (Å²) in [6, 6.07) is 0.334. The monoisotopic (exact) mass is 269 g/mol. The van der Waals surface area contributed by atoms with Crippen LogP contribution in [0.25, 0.3) is 0 Å². The van der Waals surface area contributed by atoms with Crippen LogP contribution in [0.2, 0.25) is 0 Å². The van der Waals surface area contributed by atoms with E-state index in [0.29, 0.717) is 12.0 Å². The maximum absolute atomic E-state index is 12.5. The average molecular weight is 269 g/mol. The summed E-state index contributed by atoms with van der Waals surface area (Å²) >= 11 is 0. The van der Waals surface area contributed by atoms with Gasteiger partial charge in [-0.25, -0.2) is 0 Å². The lowest BCUT2D eigenvalue weighted by atomic mass is 10.0. The summed E-state index contributed by atoms with van der Waals surface area (Å²) < 4.78 is 0. The van der Waals surface area contributed by atoms with Crippen LogP contribution in [0.15, 0.2) is 5.16 Å². The Kier molecular flexibility index (Phi) is 6.12. The first-order chi connectivity index (χ1) is 8.97. The molecule has 19 heavy (non-hydrogen) atoms. The van der Waals surface area contributed by atoms with Crippen LogP contribution in [0, 0.1) is 11.8 Å². The van der Waals surface area contributed by atoms with Gasteiger partial charge >= 0.3 is 0 Å². The highest BCUT2D eigenvalue weighted by Gasteiger charge is 2.30. The molecule has 1 saturated carbocycles. The quantitative estimate of drug-likeness (QED) is 0.336. The topological polar surface area (TPSA) is 78.9 Å². The van der Waals surface area contributed by atoms with Crippen LogP contribution in [0.5, 0.6) is 0 Å². The Bertz CT molecular complexity index is 323. The lowest BCUT2D eigenvalue weighted by Crippen LogP contribution is -2.46. The molecular formula is C14H27N3O2. The summed E-state index contributed by atoms with van der Waals surface area (Å²) in [7, 11) is 0. The minimum atomic E-state index is -0.544. The number of carbonyl (C=O) groups excluding carboxylic acids is 1. The van der Waals surface area contributed by atoms with Crippen molar-refractivity contribution >= 4 is 11.7 Å². The van der Waals surface area contributed by atoms with Gasteiger partial charge in [-0.1, -0.05) is 31.8 Å². The Morgan fingerprint density at radius 2 is 1.95 bits per heavy atom. The molecule has 5 nitrogen and oxygen atoms in total. The number of amidine groups is 1. The van der Waals surface area contributed by atoms with Crippen molar-refractivity contribution in [3.63, 3.8) is 0 Å². The first-order valence-corrected chi connectivity index (χ1v) is 7.25. The van der Waals surface area contributed by atoms with Crippen LogP contribution < -0.4 is 5.73 Å². The van der Waals surface area contributed by atoms with E-state index in [2.05, 4.69) is 19.0 Å². The summed E-state index contributed by atoms with van der Waals surface area (Å²) in [6.07, 6.45) is 5.52. The normalized spacial score (nSPS) is 18.8. The largest absolute Gasteiger partial charge is 0.409 e. The van der Waals surface area contributed by atoms with Gasteiger partial charge in [-0.2, -0.15) is 0 Å². The second kappa shape index (κ2) is 7.36. The van der Waals surface area contributed by atoms with Crippen molar-refractivity contribution in [1.29, 1.82) is 0 Å². The Morgan fingerprint density at radius 3 is 2.42 bits per heavy atom. The average Bonchev–Trinajstić information content (AvgIpc) is 2.90. The zero-order valence-electron chi connectivity index (χ0n) is 12.3. The summed E-state index contributed by atoms with van der Waals surface area (Å²) in [5.74, 6) is 0.00835. The fourth-order valence-corrected chi connectivity index (χ4v) is 2.55. The Labute approximate surface area is 115 Å². The van der Waals surface area contributed by atoms with Gasteiger partial charge in [-0.3, -0.25) is 4.79 Å². The van der Waals surface area contributed by atoms with Gasteiger partial charge in [0.15, 0.2) is 5.84 Å². The van der Waals surface area contributed by atoms with Gasteiger partial charge in [0.1, 0.15) is 0 Å². The molecular weight excluding hydrogens is 242 g/mol. The van der Waals surface area contributed by atoms with Gasteiger partial charge in [-0.15, -0.1) is 0 Å². The minimum Gasteiger partial charge on any atom is -0.409 e. The van der Waals surface area contributed by atoms with Crippen molar-refractivity contribution in [1.82, 2.24) is 4.90 Å². The van der Waals surface area contributed by atoms with Crippen LogP contribution in [0.4, 0.5) is 0 Å². The van der Waals surface area contributed by atoms with Crippen LogP contribution in [0.1, 0.15) is 52.9 Å². The third-order valence-corrected chi connectivity index (χ3v) is 3.93. The highest BCUT2D eigenvalue weighted by molar-refractivity contribution is 6.01. The van der Waals surface area contributed by atoms with E-state index in [4.69, 9.17) is 10.9 Å². The van der Waals surface area contributed by atoms with Crippen molar-refractivity contribution in [3.8, 4) is 0 Å². The standard InChI is InChI=1S/C14H27N3O2/c1-10(2)8-9-17(12-6-4-5-7-12)14(18)11(3)13(15)16-19/h10-12,19H,4-9H2,1-3H3,(H2,15,16). The maximum atomic E-state index is 12.5. The second-order valence-corrected chi connectivity index (χ2v) is 5.90. The first-order valence-electron chi connectivity index (χ1n) is 7.25. The minimum absolute atomic E-state index is 0.00227. The molecule has 1 fully saturated rings. The molecule has 0 aromatic rings. The van der Waals surface area contributed by atoms with E-state index in [1.165, 1.54) is 12.8 Å². The number of oxime groups is 1. The molecule has 1 rings (SSSR count). The van der Waals surface area contributed by atoms with E-state index in [-0.39, 0.29) is 11.7 Å². The number of hydrogen-bond donors (Lipinski definition) is 2. The van der Waals surface area contributed by atoms with Gasteiger partial charge in [-0.05, 0) is 32.1 Å². The van der Waals surface area contributed by atoms with E-state index in [9.17, 15) is 4.79 Å². The Morgan fingerprint density at radius 1 is 1.37 bits per heavy atom. The van der Waals surface area contributed by atoms with Crippen molar-refractivity contribution in [2.24, 2.45) is 22.7 Å². The molecule has 0 radical (unpaired) electrons. The second-order valence-electron chi connectivity index (χ2n) is 5.90. The summed E-state index contributed by atoms with van der Waals surface area (Å²) in [5.41, 5.74) is 5.56. The van der Waals surface area contributed by atoms with E-state index in [1.807, 2.05) is 4.90 Å². The molecule has 0 saturated heterocycles. The number of hydrogen-bond acceptors (Lipinski definition) is 3. The lowest BCUT2D eigenvalue weighted by Gasteiger charge is -2.31. The molecule has 0 aromatic heterocycles. The van der Waals surface area contributed by atoms with Crippen LogP contribution >= 0.6 is 0 Å². The van der Waals surface area contributed by atoms with Crippen molar-refractivity contribution in [2.45, 2.75) is 58.9 Å². The van der Waals surface area contributed by atoms with Crippen molar-refractivity contribution < 1.29 is 10.0 Å². The van der Waals surface area contributed by atoms with E-state index in [0.717, 1.165) is 25.8 Å². The van der Waals surface area contributed by atoms with Gasteiger partial charge in [0, 0.05) is 12.6 Å². The number of nitrogens with zero attached hydrogens (tertiary/aromatic N) is 2. The predicted octanol–water partition coefficient (Wildman–Crippen LogP) is 2.19. The molecule has 1 atom stereocenters. The van der Waals surface area contributed by atoms with Crippen LogP contribution in [-0.2, 0) is 4.79 Å². The van der Waals surface area contributed by atoms with Crippen LogP contribution in [-0.4, -0.2) is 34.4 Å². The maximum Gasteiger partial charge on any atom is 0.233 e. The molecule has 3 N–H and O–H groups in total. The SMILES string of the molecule is CC(C)CCN(C(=O)C(C)C(N)=NO)C1CCCC1. The first kappa shape index (κ1) is 15.8. The third-order valence-electron chi connectivity index (χ3n) is 3.93. The van der Waals surface area contributed by atoms with Gasteiger partial charge in [0.05, 0.1) is 5.92 Å². The van der Waals surface area contributed by atoms with Crippen molar-refractivity contribution in [2.75, 3.05) is 6.54 Å². The molecule has 1 aliphatic carbocycles. The fourth-order valence-electron chi connectivity index (χ4n) is 2.55. The molecule has 1 aliphatic rings. The van der Waals surface area contributed by atoms with E-state index < -0.39 is 5.92 Å². The molecule has 0 aromatic carbocycles. The lowest BCUT2D eigenvalue weighted by molar-refractivity contribution is -0.135. The van der Waals surface area contributed by atoms with Gasteiger partial charge in [0.2, 0.25) is 5.91 Å². The molecule has 0 heterocycles. The van der Waals surface area contributed by atoms with Gasteiger partial charge in [0.25, 0.3) is 0 Å². The van der Waals surface area contributed by atoms with Gasteiger partial charge < -0.3 is 15.8 Å². The highest BCUT2D eigenvalue weighted by Crippen LogP contribution is 2.25. The predicted molar refractivity (Wildman–Crippen MR) is 76.0 cm³/mol. The highest BCUT2D eigenvalue weighted by atomic mass is 16.4. The molecule has 5 heteroatoms.